The molecular formula is C20H21N3O2. The topological polar surface area (TPSA) is 66.2 Å². The number of fused-ring (bicyclic) bond motifs is 2. The summed E-state index contributed by atoms with van der Waals surface area (Å²) in [5.74, 6) is 0.917. The molecule has 4 rings (SSSR count). The first kappa shape index (κ1) is 15.6. The number of amides is 2. The van der Waals surface area contributed by atoms with E-state index in [1.807, 2.05) is 42.6 Å². The van der Waals surface area contributed by atoms with Gasteiger partial charge in [0.05, 0.1) is 6.04 Å². The van der Waals surface area contributed by atoms with Crippen LogP contribution in [0.2, 0.25) is 0 Å². The summed E-state index contributed by atoms with van der Waals surface area (Å²) in [6, 6.07) is 16.0. The molecule has 0 spiro atoms. The van der Waals surface area contributed by atoms with Gasteiger partial charge in [0, 0.05) is 23.6 Å². The Kier molecular flexibility index (Phi) is 4.29. The first-order valence-corrected chi connectivity index (χ1v) is 8.59. The molecule has 2 amide bonds. The lowest BCUT2D eigenvalue weighted by Crippen LogP contribution is -2.47. The van der Waals surface area contributed by atoms with Gasteiger partial charge in [0.2, 0.25) is 0 Å². The first-order chi connectivity index (χ1) is 12.3. The van der Waals surface area contributed by atoms with Gasteiger partial charge in [0.1, 0.15) is 12.4 Å². The number of aromatic amines is 1. The zero-order chi connectivity index (χ0) is 17.1. The number of rotatable bonds is 4. The van der Waals surface area contributed by atoms with Crippen molar-refractivity contribution < 1.29 is 9.53 Å². The van der Waals surface area contributed by atoms with Gasteiger partial charge in [-0.2, -0.15) is 0 Å². The Morgan fingerprint density at radius 1 is 1.16 bits per heavy atom. The molecule has 2 heterocycles. The van der Waals surface area contributed by atoms with Gasteiger partial charge in [-0.15, -0.1) is 0 Å². The highest BCUT2D eigenvalue weighted by Gasteiger charge is 2.20. The maximum absolute atomic E-state index is 12.1. The van der Waals surface area contributed by atoms with Crippen molar-refractivity contribution in [2.75, 3.05) is 13.2 Å². The van der Waals surface area contributed by atoms with Crippen LogP contribution >= 0.6 is 0 Å². The van der Waals surface area contributed by atoms with E-state index in [0.29, 0.717) is 13.2 Å². The smallest absolute Gasteiger partial charge is 0.315 e. The largest absolute Gasteiger partial charge is 0.491 e. The van der Waals surface area contributed by atoms with Gasteiger partial charge in [-0.05, 0) is 36.1 Å². The number of urea groups is 1. The average Bonchev–Trinajstić information content (AvgIpc) is 3.05. The molecule has 1 aliphatic heterocycles. The second-order valence-corrected chi connectivity index (χ2v) is 6.33. The normalized spacial score (nSPS) is 16.1. The molecule has 25 heavy (non-hydrogen) atoms. The predicted octanol–water partition coefficient (Wildman–Crippen LogP) is 3.01. The van der Waals surface area contributed by atoms with E-state index in [2.05, 4.69) is 27.8 Å². The Morgan fingerprint density at radius 2 is 2.00 bits per heavy atom. The van der Waals surface area contributed by atoms with Crippen LogP contribution in [-0.2, 0) is 12.8 Å². The molecule has 0 radical (unpaired) electrons. The number of nitrogens with one attached hydrogen (secondary N) is 3. The third-order valence-electron chi connectivity index (χ3n) is 4.57. The third kappa shape index (κ3) is 3.45. The standard InChI is InChI=1S/C20H21N3O2/c24-20(23-16-11-14-5-1-4-8-19(14)25-13-16)21-10-9-15-12-22-18-7-3-2-6-17(15)18/h1-8,12,16,22H,9-11,13H2,(H2,21,23,24)/t16-/m1/s1. The second kappa shape index (κ2) is 6.89. The van der Waals surface area contributed by atoms with Crippen molar-refractivity contribution in [2.24, 2.45) is 0 Å². The van der Waals surface area contributed by atoms with Crippen molar-refractivity contribution in [1.29, 1.82) is 0 Å². The molecule has 0 aliphatic carbocycles. The van der Waals surface area contributed by atoms with E-state index in [1.54, 1.807) is 0 Å². The van der Waals surface area contributed by atoms with Gasteiger partial charge in [0.25, 0.3) is 0 Å². The summed E-state index contributed by atoms with van der Waals surface area (Å²) < 4.78 is 5.70. The number of ether oxygens (including phenoxy) is 1. The number of para-hydroxylation sites is 2. The number of hydrogen-bond donors (Lipinski definition) is 3. The molecule has 0 saturated carbocycles. The van der Waals surface area contributed by atoms with E-state index >= 15 is 0 Å². The quantitative estimate of drug-likeness (QED) is 0.686. The summed E-state index contributed by atoms with van der Waals surface area (Å²) in [6.07, 6.45) is 3.60. The summed E-state index contributed by atoms with van der Waals surface area (Å²) in [7, 11) is 0. The number of benzene rings is 2. The minimum absolute atomic E-state index is 0.00277. The molecule has 1 aliphatic rings. The van der Waals surface area contributed by atoms with Crippen molar-refractivity contribution in [3.8, 4) is 5.75 Å². The van der Waals surface area contributed by atoms with E-state index in [4.69, 9.17) is 4.74 Å². The lowest BCUT2D eigenvalue weighted by Gasteiger charge is -2.26. The van der Waals surface area contributed by atoms with Gasteiger partial charge in [-0.25, -0.2) is 4.79 Å². The number of carbonyl (C=O) groups excluding carboxylic acids is 1. The molecule has 0 saturated heterocycles. The zero-order valence-corrected chi connectivity index (χ0v) is 13.9. The minimum atomic E-state index is -0.146. The molecule has 3 N–H and O–H groups in total. The fourth-order valence-electron chi connectivity index (χ4n) is 3.31. The van der Waals surface area contributed by atoms with Crippen LogP contribution in [0.15, 0.2) is 54.7 Å². The van der Waals surface area contributed by atoms with Gasteiger partial charge in [-0.1, -0.05) is 36.4 Å². The maximum Gasteiger partial charge on any atom is 0.315 e. The molecular weight excluding hydrogens is 314 g/mol. The summed E-state index contributed by atoms with van der Waals surface area (Å²) >= 11 is 0. The first-order valence-electron chi connectivity index (χ1n) is 8.59. The Balaban J connectivity index is 1.27. The summed E-state index contributed by atoms with van der Waals surface area (Å²) in [5, 5.41) is 7.14. The van der Waals surface area contributed by atoms with Crippen molar-refractivity contribution >= 4 is 16.9 Å². The summed E-state index contributed by atoms with van der Waals surface area (Å²) in [6.45, 7) is 1.10. The molecule has 2 aromatic carbocycles. The van der Waals surface area contributed by atoms with E-state index in [9.17, 15) is 4.79 Å². The number of H-pyrrole nitrogens is 1. The highest BCUT2D eigenvalue weighted by atomic mass is 16.5. The number of hydrogen-bond acceptors (Lipinski definition) is 2. The molecule has 0 bridgehead atoms. The van der Waals surface area contributed by atoms with Crippen LogP contribution in [0.3, 0.4) is 0 Å². The van der Waals surface area contributed by atoms with Crippen LogP contribution in [0.25, 0.3) is 10.9 Å². The Bertz CT molecular complexity index is 887. The van der Waals surface area contributed by atoms with Crippen LogP contribution < -0.4 is 15.4 Å². The van der Waals surface area contributed by atoms with Crippen molar-refractivity contribution in [3.63, 3.8) is 0 Å². The Labute approximate surface area is 146 Å². The highest BCUT2D eigenvalue weighted by Crippen LogP contribution is 2.23. The molecule has 5 heteroatoms. The van der Waals surface area contributed by atoms with E-state index in [0.717, 1.165) is 29.7 Å². The molecule has 1 aromatic heterocycles. The molecule has 128 valence electrons. The van der Waals surface area contributed by atoms with E-state index < -0.39 is 0 Å². The Morgan fingerprint density at radius 3 is 2.96 bits per heavy atom. The van der Waals surface area contributed by atoms with E-state index in [1.165, 1.54) is 10.9 Å². The lowest BCUT2D eigenvalue weighted by molar-refractivity contribution is 0.214. The Hall–Kier alpha value is -2.95. The average molecular weight is 335 g/mol. The lowest BCUT2D eigenvalue weighted by atomic mass is 10.0. The molecule has 0 fully saturated rings. The minimum Gasteiger partial charge on any atom is -0.491 e. The maximum atomic E-state index is 12.1. The fraction of sp³-hybridized carbons (Fsp3) is 0.250. The van der Waals surface area contributed by atoms with Crippen molar-refractivity contribution in [3.05, 3.63) is 65.9 Å². The molecule has 1 atom stereocenters. The van der Waals surface area contributed by atoms with Crippen LogP contribution in [0.4, 0.5) is 4.79 Å². The van der Waals surface area contributed by atoms with Crippen molar-refractivity contribution in [1.82, 2.24) is 15.6 Å². The summed E-state index contributed by atoms with van der Waals surface area (Å²) in [5.41, 5.74) is 3.48. The fourth-order valence-corrected chi connectivity index (χ4v) is 3.31. The van der Waals surface area contributed by atoms with E-state index in [-0.39, 0.29) is 12.1 Å². The monoisotopic (exact) mass is 335 g/mol. The molecule has 3 aromatic rings. The third-order valence-corrected chi connectivity index (χ3v) is 4.57. The van der Waals surface area contributed by atoms with Gasteiger partial charge in [-0.3, -0.25) is 0 Å². The van der Waals surface area contributed by atoms with Crippen LogP contribution in [-0.4, -0.2) is 30.2 Å². The number of carbonyl (C=O) groups is 1. The van der Waals surface area contributed by atoms with Crippen molar-refractivity contribution in [2.45, 2.75) is 18.9 Å². The molecule has 0 unspecified atom stereocenters. The van der Waals surface area contributed by atoms with Gasteiger partial charge < -0.3 is 20.4 Å². The summed E-state index contributed by atoms with van der Waals surface area (Å²) in [4.78, 5) is 15.4. The van der Waals surface area contributed by atoms with Gasteiger partial charge >= 0.3 is 6.03 Å². The SMILES string of the molecule is O=C(NCCc1c[nH]c2ccccc12)N[C@H]1COc2ccccc2C1. The van der Waals surface area contributed by atoms with Crippen LogP contribution in [0, 0.1) is 0 Å². The predicted molar refractivity (Wildman–Crippen MR) is 98.0 cm³/mol. The second-order valence-electron chi connectivity index (χ2n) is 6.33. The highest BCUT2D eigenvalue weighted by molar-refractivity contribution is 5.83. The van der Waals surface area contributed by atoms with Crippen LogP contribution in [0.1, 0.15) is 11.1 Å². The zero-order valence-electron chi connectivity index (χ0n) is 13.9. The molecule has 5 nitrogen and oxygen atoms in total. The van der Waals surface area contributed by atoms with Crippen LogP contribution in [0.5, 0.6) is 5.75 Å². The van der Waals surface area contributed by atoms with Gasteiger partial charge in [0.15, 0.2) is 0 Å². The number of aromatic nitrogens is 1.